The summed E-state index contributed by atoms with van der Waals surface area (Å²) in [5, 5.41) is 0. The summed E-state index contributed by atoms with van der Waals surface area (Å²) in [4.78, 5) is 11.6. The molecule has 1 fully saturated rings. The van der Waals surface area contributed by atoms with E-state index < -0.39 is 12.8 Å². The number of rotatable bonds is 5. The van der Waals surface area contributed by atoms with Gasteiger partial charge in [-0.15, -0.1) is 0 Å². The Hall–Kier alpha value is -1.30. The van der Waals surface area contributed by atoms with Gasteiger partial charge in [-0.1, -0.05) is 0 Å². The highest BCUT2D eigenvalue weighted by atomic mass is 19.4. The lowest BCUT2D eigenvalue weighted by molar-refractivity contribution is -0.181. The molecule has 0 radical (unpaired) electrons. The van der Waals surface area contributed by atoms with Crippen LogP contribution in [0.1, 0.15) is 23.2 Å². The van der Waals surface area contributed by atoms with Crippen LogP contribution in [0.25, 0.3) is 0 Å². The smallest absolute Gasteiger partial charge is 0.351 e. The Balaban J connectivity index is 1.83. The van der Waals surface area contributed by atoms with Gasteiger partial charge in [-0.2, -0.15) is 13.2 Å². The number of carbonyl (C=O) groups is 1. The third-order valence-corrected chi connectivity index (χ3v) is 2.49. The zero-order valence-electron chi connectivity index (χ0n) is 9.04. The second-order valence-electron chi connectivity index (χ2n) is 4.15. The fourth-order valence-electron chi connectivity index (χ4n) is 1.51. The van der Waals surface area contributed by atoms with E-state index in [1.807, 2.05) is 0 Å². The van der Waals surface area contributed by atoms with E-state index in [0.29, 0.717) is 5.56 Å². The van der Waals surface area contributed by atoms with Crippen LogP contribution in [-0.2, 0) is 11.5 Å². The first-order chi connectivity index (χ1) is 7.96. The second kappa shape index (κ2) is 4.52. The normalized spacial score (nSPS) is 16.2. The minimum atomic E-state index is -4.32. The van der Waals surface area contributed by atoms with Gasteiger partial charge in [0.25, 0.3) is 0 Å². The minimum Gasteiger partial charge on any atom is -0.351 e. The summed E-state index contributed by atoms with van der Waals surface area (Å²) in [6.45, 7) is -1.48. The van der Waals surface area contributed by atoms with E-state index in [1.54, 1.807) is 12.3 Å². The molecule has 94 valence electrons. The molecule has 0 atom stereocenters. The summed E-state index contributed by atoms with van der Waals surface area (Å²) >= 11 is 0. The molecule has 6 heteroatoms. The summed E-state index contributed by atoms with van der Waals surface area (Å²) in [6, 6.07) is 1.61. The standard InChI is InChI=1S/C11H12F3NO2/c12-11(13,14)6-17-7-15-4-3-9(5-15)10(16)8-1-2-8/h3-5,8H,1-2,6-7H2. The number of carbonyl (C=O) groups excluding carboxylic acids is 1. The first-order valence-corrected chi connectivity index (χ1v) is 5.30. The molecule has 0 spiro atoms. The van der Waals surface area contributed by atoms with Gasteiger partial charge in [-0.25, -0.2) is 0 Å². The van der Waals surface area contributed by atoms with Gasteiger partial charge in [0.15, 0.2) is 5.78 Å². The fraction of sp³-hybridized carbons (Fsp3) is 0.545. The van der Waals surface area contributed by atoms with E-state index in [0.717, 1.165) is 12.8 Å². The van der Waals surface area contributed by atoms with Gasteiger partial charge >= 0.3 is 6.18 Å². The van der Waals surface area contributed by atoms with Crippen LogP contribution in [0.2, 0.25) is 0 Å². The Morgan fingerprint density at radius 3 is 2.76 bits per heavy atom. The topological polar surface area (TPSA) is 31.2 Å². The number of halogens is 3. The molecule has 1 aromatic rings. The fourth-order valence-corrected chi connectivity index (χ4v) is 1.51. The van der Waals surface area contributed by atoms with Gasteiger partial charge in [0.05, 0.1) is 0 Å². The summed E-state index contributed by atoms with van der Waals surface area (Å²) in [5.74, 6) is 0.182. The molecule has 17 heavy (non-hydrogen) atoms. The number of Topliss-reactive ketones (excluding diaryl/α,β-unsaturated/α-hetero) is 1. The highest BCUT2D eigenvalue weighted by Crippen LogP contribution is 2.32. The van der Waals surface area contributed by atoms with Crippen LogP contribution >= 0.6 is 0 Å². The van der Waals surface area contributed by atoms with Crippen LogP contribution in [0.3, 0.4) is 0 Å². The van der Waals surface area contributed by atoms with Crippen molar-refractivity contribution in [3.63, 3.8) is 0 Å². The molecule has 3 nitrogen and oxygen atoms in total. The van der Waals surface area contributed by atoms with E-state index in [-0.39, 0.29) is 18.4 Å². The molecule has 1 saturated carbocycles. The predicted molar refractivity (Wildman–Crippen MR) is 53.5 cm³/mol. The van der Waals surface area contributed by atoms with Crippen molar-refractivity contribution in [2.45, 2.75) is 25.7 Å². The summed E-state index contributed by atoms with van der Waals surface area (Å²) in [6.07, 6.45) is 0.575. The molecule has 0 saturated heterocycles. The molecular weight excluding hydrogens is 235 g/mol. The maximum absolute atomic E-state index is 11.8. The van der Waals surface area contributed by atoms with Crippen molar-refractivity contribution in [2.24, 2.45) is 5.92 Å². The number of hydrogen-bond acceptors (Lipinski definition) is 2. The van der Waals surface area contributed by atoms with E-state index >= 15 is 0 Å². The summed E-state index contributed by atoms with van der Waals surface area (Å²) < 4.78 is 41.4. The Bertz CT molecular complexity index is 407. The number of nitrogens with zero attached hydrogens (tertiary/aromatic N) is 1. The molecule has 0 aliphatic heterocycles. The lowest BCUT2D eigenvalue weighted by Gasteiger charge is -2.07. The number of ketones is 1. The third-order valence-electron chi connectivity index (χ3n) is 2.49. The maximum Gasteiger partial charge on any atom is 0.411 e. The Kier molecular flexibility index (Phi) is 3.24. The summed E-state index contributed by atoms with van der Waals surface area (Å²) in [7, 11) is 0. The Morgan fingerprint density at radius 2 is 2.18 bits per heavy atom. The van der Waals surface area contributed by atoms with Crippen molar-refractivity contribution < 1.29 is 22.7 Å². The zero-order chi connectivity index (χ0) is 12.5. The zero-order valence-corrected chi connectivity index (χ0v) is 9.04. The monoisotopic (exact) mass is 247 g/mol. The maximum atomic E-state index is 11.8. The van der Waals surface area contributed by atoms with Gasteiger partial charge in [0.1, 0.15) is 13.3 Å². The first kappa shape index (κ1) is 12.2. The van der Waals surface area contributed by atoms with Crippen molar-refractivity contribution in [1.29, 1.82) is 0 Å². The lowest BCUT2D eigenvalue weighted by atomic mass is 10.1. The SMILES string of the molecule is O=C(c1ccn(COCC(F)(F)F)c1)C1CC1. The molecule has 1 heterocycles. The Morgan fingerprint density at radius 1 is 1.47 bits per heavy atom. The minimum absolute atomic E-state index is 0.0690. The van der Waals surface area contributed by atoms with E-state index in [1.165, 1.54) is 10.8 Å². The van der Waals surface area contributed by atoms with Crippen LogP contribution in [0, 0.1) is 5.92 Å². The van der Waals surface area contributed by atoms with Crippen LogP contribution < -0.4 is 0 Å². The van der Waals surface area contributed by atoms with Crippen molar-refractivity contribution in [1.82, 2.24) is 4.57 Å². The largest absolute Gasteiger partial charge is 0.411 e. The van der Waals surface area contributed by atoms with Crippen LogP contribution in [0.5, 0.6) is 0 Å². The highest BCUT2D eigenvalue weighted by Gasteiger charge is 2.31. The number of ether oxygens (including phenoxy) is 1. The molecule has 0 aromatic carbocycles. The molecule has 0 bridgehead atoms. The molecule has 2 rings (SSSR count). The molecule has 0 unspecified atom stereocenters. The number of alkyl halides is 3. The predicted octanol–water partition coefficient (Wildman–Crippen LogP) is 2.62. The summed E-state index contributed by atoms with van der Waals surface area (Å²) in [5.41, 5.74) is 0.545. The average molecular weight is 247 g/mol. The van der Waals surface area contributed by atoms with Crippen molar-refractivity contribution in [3.05, 3.63) is 24.0 Å². The molecule has 1 aliphatic rings. The molecule has 1 aliphatic carbocycles. The van der Waals surface area contributed by atoms with Crippen LogP contribution in [0.4, 0.5) is 13.2 Å². The quantitative estimate of drug-likeness (QED) is 0.749. The highest BCUT2D eigenvalue weighted by molar-refractivity contribution is 5.99. The van der Waals surface area contributed by atoms with Crippen molar-refractivity contribution in [2.75, 3.05) is 6.61 Å². The number of hydrogen-bond donors (Lipinski definition) is 0. The Labute approximate surface area is 96.2 Å². The van der Waals surface area contributed by atoms with Gasteiger partial charge in [-0.05, 0) is 18.9 Å². The number of aromatic nitrogens is 1. The van der Waals surface area contributed by atoms with Crippen molar-refractivity contribution in [3.8, 4) is 0 Å². The molecular formula is C11H12F3NO2. The molecule has 1 aromatic heterocycles. The van der Waals surface area contributed by atoms with Crippen LogP contribution in [0.15, 0.2) is 18.5 Å². The van der Waals surface area contributed by atoms with Gasteiger partial charge in [0, 0.05) is 23.9 Å². The van der Waals surface area contributed by atoms with Crippen LogP contribution in [-0.4, -0.2) is 23.1 Å². The average Bonchev–Trinajstić information content (AvgIpc) is 2.96. The van der Waals surface area contributed by atoms with Crippen molar-refractivity contribution >= 4 is 5.78 Å². The lowest BCUT2D eigenvalue weighted by Crippen LogP contribution is -2.18. The van der Waals surface area contributed by atoms with E-state index in [4.69, 9.17) is 0 Å². The van der Waals surface area contributed by atoms with E-state index in [2.05, 4.69) is 4.74 Å². The van der Waals surface area contributed by atoms with Gasteiger partial charge < -0.3 is 9.30 Å². The van der Waals surface area contributed by atoms with Gasteiger partial charge in [0.2, 0.25) is 0 Å². The van der Waals surface area contributed by atoms with E-state index in [9.17, 15) is 18.0 Å². The second-order valence-corrected chi connectivity index (χ2v) is 4.15. The molecule has 0 amide bonds. The van der Waals surface area contributed by atoms with Gasteiger partial charge in [-0.3, -0.25) is 4.79 Å². The first-order valence-electron chi connectivity index (χ1n) is 5.30. The third kappa shape index (κ3) is 3.59. The molecule has 0 N–H and O–H groups in total.